The van der Waals surface area contributed by atoms with E-state index in [2.05, 4.69) is 13.8 Å². The third kappa shape index (κ3) is 2.22. The molecule has 4 fully saturated rings. The summed E-state index contributed by atoms with van der Waals surface area (Å²) in [5, 5.41) is 0. The van der Waals surface area contributed by atoms with Gasteiger partial charge >= 0.3 is 0 Å². The first-order chi connectivity index (χ1) is 6.99. The Morgan fingerprint density at radius 3 is 1.60 bits per heavy atom. The van der Waals surface area contributed by atoms with E-state index >= 15 is 0 Å². The quantitative estimate of drug-likeness (QED) is 0.648. The van der Waals surface area contributed by atoms with Crippen LogP contribution < -0.4 is 5.73 Å². The van der Waals surface area contributed by atoms with Gasteiger partial charge < -0.3 is 5.73 Å². The Morgan fingerprint density at radius 2 is 1.33 bits per heavy atom. The normalized spacial score (nSPS) is 51.2. The highest BCUT2D eigenvalue weighted by Crippen LogP contribution is 2.64. The van der Waals surface area contributed by atoms with Gasteiger partial charge in [-0.05, 0) is 67.7 Å². The van der Waals surface area contributed by atoms with Gasteiger partial charge in [0.05, 0.1) is 0 Å². The second-order valence-corrected chi connectivity index (χ2v) is 6.99. The maximum Gasteiger partial charge on any atom is -0.0106 e. The third-order valence-corrected chi connectivity index (χ3v) is 4.65. The molecule has 0 aromatic carbocycles. The monoisotopic (exact) mass is 209 g/mol. The molecule has 0 aromatic heterocycles. The highest BCUT2D eigenvalue weighted by atomic mass is 14.6. The van der Waals surface area contributed by atoms with E-state index in [0.717, 1.165) is 29.2 Å². The average molecular weight is 209 g/mol. The van der Waals surface area contributed by atoms with Crippen LogP contribution >= 0.6 is 0 Å². The van der Waals surface area contributed by atoms with Crippen molar-refractivity contribution in [2.24, 2.45) is 28.4 Å². The molecule has 0 saturated heterocycles. The summed E-state index contributed by atoms with van der Waals surface area (Å²) in [6.45, 7) is 7.74. The van der Waals surface area contributed by atoms with E-state index in [0.29, 0.717) is 0 Å². The summed E-state index contributed by atoms with van der Waals surface area (Å²) in [5.74, 6) is 2.22. The summed E-state index contributed by atoms with van der Waals surface area (Å²) in [6.07, 6.45) is 9.33. The van der Waals surface area contributed by atoms with Crippen LogP contribution in [0.25, 0.3) is 0 Å². The second-order valence-electron chi connectivity index (χ2n) is 6.99. The molecule has 88 valence electrons. The lowest BCUT2D eigenvalue weighted by Gasteiger charge is -2.60. The van der Waals surface area contributed by atoms with Crippen molar-refractivity contribution in [1.82, 2.24) is 0 Å². The van der Waals surface area contributed by atoms with Crippen molar-refractivity contribution < 1.29 is 0 Å². The van der Waals surface area contributed by atoms with Crippen LogP contribution in [-0.2, 0) is 0 Å². The molecular formula is C14H27N. The van der Waals surface area contributed by atoms with Crippen LogP contribution in [-0.4, -0.2) is 6.54 Å². The first-order valence-electron chi connectivity index (χ1n) is 6.69. The zero-order valence-electron chi connectivity index (χ0n) is 10.7. The number of nitrogens with two attached hydrogens (primary N) is 1. The molecule has 0 heterocycles. The molecule has 4 aliphatic carbocycles. The van der Waals surface area contributed by atoms with Gasteiger partial charge in [-0.25, -0.2) is 0 Å². The maximum atomic E-state index is 4.85. The molecule has 0 radical (unpaired) electrons. The summed E-state index contributed by atoms with van der Waals surface area (Å²) in [7, 11) is 0. The Hall–Kier alpha value is -0.0400. The third-order valence-electron chi connectivity index (χ3n) is 4.65. The minimum atomic E-state index is 0.750. The first kappa shape index (κ1) is 11.4. The molecule has 1 heteroatoms. The molecular weight excluding hydrogens is 182 g/mol. The molecule has 0 amide bonds. The summed E-state index contributed by atoms with van der Waals surface area (Å²) >= 11 is 0. The van der Waals surface area contributed by atoms with Crippen molar-refractivity contribution in [3.63, 3.8) is 0 Å². The molecule has 4 rings (SSSR count). The number of rotatable bonds is 0. The molecule has 4 aliphatic rings. The number of hydrogen-bond donors (Lipinski definition) is 1. The zero-order chi connectivity index (χ0) is 11.1. The zero-order valence-corrected chi connectivity index (χ0v) is 10.7. The fourth-order valence-corrected chi connectivity index (χ4v) is 5.22. The van der Waals surface area contributed by atoms with E-state index in [1.807, 2.05) is 6.92 Å². The van der Waals surface area contributed by atoms with Crippen LogP contribution in [0.2, 0.25) is 0 Å². The van der Waals surface area contributed by atoms with Crippen molar-refractivity contribution in [3.8, 4) is 0 Å². The molecule has 0 atom stereocenters. The van der Waals surface area contributed by atoms with Crippen molar-refractivity contribution in [3.05, 3.63) is 0 Å². The van der Waals surface area contributed by atoms with Gasteiger partial charge in [0.1, 0.15) is 0 Å². The van der Waals surface area contributed by atoms with E-state index in [4.69, 9.17) is 5.73 Å². The Bertz CT molecular complexity index is 199. The molecule has 0 unspecified atom stereocenters. The molecule has 0 aliphatic heterocycles. The van der Waals surface area contributed by atoms with Gasteiger partial charge in [-0.15, -0.1) is 0 Å². The highest BCUT2D eigenvalue weighted by molar-refractivity contribution is 5.04. The van der Waals surface area contributed by atoms with Crippen molar-refractivity contribution in [2.75, 3.05) is 6.54 Å². The van der Waals surface area contributed by atoms with Crippen molar-refractivity contribution in [1.29, 1.82) is 0 Å². The van der Waals surface area contributed by atoms with Crippen LogP contribution in [0.1, 0.15) is 59.3 Å². The van der Waals surface area contributed by atoms with Crippen LogP contribution in [0.3, 0.4) is 0 Å². The molecule has 0 spiro atoms. The minimum Gasteiger partial charge on any atom is -0.331 e. The van der Waals surface area contributed by atoms with E-state index < -0.39 is 0 Å². The molecule has 4 bridgehead atoms. The topological polar surface area (TPSA) is 26.0 Å². The Morgan fingerprint density at radius 1 is 1.00 bits per heavy atom. The van der Waals surface area contributed by atoms with Gasteiger partial charge in [-0.2, -0.15) is 0 Å². The lowest BCUT2D eigenvalue weighted by atomic mass is 9.45. The van der Waals surface area contributed by atoms with Gasteiger partial charge in [0.25, 0.3) is 0 Å². The van der Waals surface area contributed by atoms with Crippen LogP contribution in [0, 0.1) is 22.7 Å². The van der Waals surface area contributed by atoms with Gasteiger partial charge in [-0.3, -0.25) is 0 Å². The minimum absolute atomic E-state index is 0.750. The molecule has 4 saturated carbocycles. The van der Waals surface area contributed by atoms with Crippen molar-refractivity contribution >= 4 is 0 Å². The van der Waals surface area contributed by atoms with Crippen molar-refractivity contribution in [2.45, 2.75) is 59.3 Å². The molecule has 15 heavy (non-hydrogen) atoms. The standard InChI is InChI=1S/C12H20.C2H7N/c1-11-4-9-3-10(5-11)7-12(2,6-9)8-11;1-2-3/h9-10H,3-8H2,1-2H3;2-3H2,1H3. The van der Waals surface area contributed by atoms with Crippen LogP contribution in [0.5, 0.6) is 0 Å². The fraction of sp³-hybridized carbons (Fsp3) is 1.00. The maximum absolute atomic E-state index is 4.85. The predicted octanol–water partition coefficient (Wildman–Crippen LogP) is 3.58. The van der Waals surface area contributed by atoms with E-state index in [-0.39, 0.29) is 0 Å². The summed E-state index contributed by atoms with van der Waals surface area (Å²) < 4.78 is 0. The smallest absolute Gasteiger partial charge is 0.0106 e. The largest absolute Gasteiger partial charge is 0.331 e. The number of hydrogen-bond acceptors (Lipinski definition) is 1. The fourth-order valence-electron chi connectivity index (χ4n) is 5.22. The summed E-state index contributed by atoms with van der Waals surface area (Å²) in [4.78, 5) is 0. The van der Waals surface area contributed by atoms with E-state index in [9.17, 15) is 0 Å². The first-order valence-corrected chi connectivity index (χ1v) is 6.69. The van der Waals surface area contributed by atoms with Gasteiger partial charge in [0.2, 0.25) is 0 Å². The summed E-state index contributed by atoms with van der Waals surface area (Å²) in [5.41, 5.74) is 6.37. The predicted molar refractivity (Wildman–Crippen MR) is 65.6 cm³/mol. The average Bonchev–Trinajstić information content (AvgIpc) is 1.96. The summed E-state index contributed by atoms with van der Waals surface area (Å²) in [6, 6.07) is 0. The molecule has 1 nitrogen and oxygen atoms in total. The second kappa shape index (κ2) is 3.76. The van der Waals surface area contributed by atoms with E-state index in [1.165, 1.54) is 6.42 Å². The SMILES string of the molecule is CC12CC3CC(C1)CC(C)(C3)C2.CCN. The molecule has 2 N–H and O–H groups in total. The molecule has 0 aromatic rings. The Balaban J connectivity index is 0.000000258. The lowest BCUT2D eigenvalue weighted by Crippen LogP contribution is -2.49. The highest BCUT2D eigenvalue weighted by Gasteiger charge is 2.53. The lowest BCUT2D eigenvalue weighted by molar-refractivity contribution is -0.0920. The van der Waals surface area contributed by atoms with Gasteiger partial charge in [-0.1, -0.05) is 20.8 Å². The van der Waals surface area contributed by atoms with Crippen LogP contribution in [0.15, 0.2) is 0 Å². The Kier molecular flexibility index (Phi) is 2.87. The van der Waals surface area contributed by atoms with Gasteiger partial charge in [0.15, 0.2) is 0 Å². The Labute approximate surface area is 94.8 Å². The van der Waals surface area contributed by atoms with Crippen LogP contribution in [0.4, 0.5) is 0 Å². The van der Waals surface area contributed by atoms with E-state index in [1.54, 1.807) is 32.1 Å². The van der Waals surface area contributed by atoms with Gasteiger partial charge in [0, 0.05) is 0 Å².